The number of benzene rings is 1. The summed E-state index contributed by atoms with van der Waals surface area (Å²) >= 11 is 0. The molecule has 0 heterocycles. The molecule has 210 valence electrons. The van der Waals surface area contributed by atoms with E-state index in [1.165, 1.54) is 6.07 Å². The topological polar surface area (TPSA) is 107 Å². The monoisotopic (exact) mass is 570 g/mol. The maximum Gasteiger partial charge on any atom is 0.438 e. The van der Waals surface area contributed by atoms with Crippen molar-refractivity contribution in [3.05, 3.63) is 29.3 Å². The van der Waals surface area contributed by atoms with Crippen LogP contribution in [0.5, 0.6) is 5.75 Å². The molecule has 4 aliphatic rings. The molecule has 1 aromatic carbocycles. The van der Waals surface area contributed by atoms with Crippen molar-refractivity contribution in [1.29, 1.82) is 0 Å². The van der Waals surface area contributed by atoms with Crippen LogP contribution < -0.4 is 4.74 Å². The molecule has 0 amide bonds. The average molecular weight is 570 g/mol. The van der Waals surface area contributed by atoms with E-state index in [9.17, 15) is 44.3 Å². The Labute approximate surface area is 215 Å². The van der Waals surface area contributed by atoms with Crippen LogP contribution in [0.4, 0.5) is 26.3 Å². The van der Waals surface area contributed by atoms with E-state index in [4.69, 9.17) is 9.29 Å². The summed E-state index contributed by atoms with van der Waals surface area (Å²) in [6, 6.07) is 3.24. The smallest absolute Gasteiger partial charge is 0.434 e. The van der Waals surface area contributed by atoms with Gasteiger partial charge in [0.15, 0.2) is 0 Å². The van der Waals surface area contributed by atoms with E-state index in [1.807, 2.05) is 0 Å². The minimum atomic E-state index is -6.48. The highest BCUT2D eigenvalue weighted by Crippen LogP contribution is 2.60. The molecule has 0 aromatic heterocycles. The average Bonchev–Trinajstić information content (AvgIpc) is 2.75. The van der Waals surface area contributed by atoms with Gasteiger partial charge in [0.25, 0.3) is 10.1 Å². The summed E-state index contributed by atoms with van der Waals surface area (Å²) in [7, 11) is -4.26. The lowest BCUT2D eigenvalue weighted by Crippen LogP contribution is -2.63. The fourth-order valence-electron chi connectivity index (χ4n) is 6.55. The lowest BCUT2D eigenvalue weighted by molar-refractivity contribution is -0.356. The molecule has 1 N–H and O–H groups in total. The van der Waals surface area contributed by atoms with Crippen LogP contribution in [0.25, 0.3) is 0 Å². The van der Waals surface area contributed by atoms with Gasteiger partial charge in [-0.05, 0) is 68.4 Å². The Hall–Kier alpha value is -2.29. The fourth-order valence-corrected chi connectivity index (χ4v) is 7.45. The summed E-state index contributed by atoms with van der Waals surface area (Å²) in [4.78, 5) is 26.2. The second-order valence-electron chi connectivity index (χ2n) is 10.7. The molecule has 38 heavy (non-hydrogen) atoms. The lowest BCUT2D eigenvalue weighted by atomic mass is 9.49. The van der Waals surface area contributed by atoms with Crippen LogP contribution in [0.2, 0.25) is 0 Å². The molecular formula is C23H25BF6O7S. The van der Waals surface area contributed by atoms with Crippen molar-refractivity contribution in [2.75, 3.05) is 5.75 Å². The van der Waals surface area contributed by atoms with E-state index in [-0.39, 0.29) is 0 Å². The first-order valence-electron chi connectivity index (χ1n) is 12.1. The molecule has 5 rings (SSSR count). The first-order valence-corrected chi connectivity index (χ1v) is 13.7. The summed E-state index contributed by atoms with van der Waals surface area (Å²) in [6.07, 6.45) is -8.03. The molecule has 0 unspecified atom stereocenters. The van der Waals surface area contributed by atoms with Crippen LogP contribution in [0.1, 0.15) is 54.4 Å². The van der Waals surface area contributed by atoms with Crippen LogP contribution in [0.15, 0.2) is 18.2 Å². The number of hydrogen-bond acceptors (Lipinski definition) is 6. The molecule has 0 saturated heterocycles. The molecule has 4 aliphatic carbocycles. The molecule has 4 fully saturated rings. The van der Waals surface area contributed by atoms with Crippen molar-refractivity contribution in [3.8, 4) is 5.75 Å². The predicted molar refractivity (Wildman–Crippen MR) is 122 cm³/mol. The first kappa shape index (κ1) is 28.7. The zero-order valence-corrected chi connectivity index (χ0v) is 21.0. The van der Waals surface area contributed by atoms with Gasteiger partial charge in [-0.3, -0.25) is 9.35 Å². The standard InChI is InChI=1S/C23H25BF6O7S/c24-10-12-1-2-16(18(31)37-21(22(25,26)27,23(28,29)30)11-38(33,34)35)17(6-12)36-19(32)20-7-13-3-14(8-20)5-15(4-13)9-20/h1-2,6,13-15H,3-5,7-11,24H2,(H,33,34,35). The van der Waals surface area contributed by atoms with E-state index in [1.54, 1.807) is 7.85 Å². The van der Waals surface area contributed by atoms with Gasteiger partial charge in [-0.25, -0.2) is 4.79 Å². The minimum absolute atomic E-state index is 0.319. The van der Waals surface area contributed by atoms with E-state index >= 15 is 0 Å². The van der Waals surface area contributed by atoms with Crippen molar-refractivity contribution in [3.63, 3.8) is 0 Å². The Morgan fingerprint density at radius 1 is 0.974 bits per heavy atom. The Morgan fingerprint density at radius 3 is 1.89 bits per heavy atom. The Balaban J connectivity index is 1.69. The zero-order valence-electron chi connectivity index (χ0n) is 20.2. The number of rotatable bonds is 7. The number of halogens is 6. The molecule has 15 heteroatoms. The molecule has 1 aromatic rings. The summed E-state index contributed by atoms with van der Waals surface area (Å²) in [5.41, 5.74) is -6.89. The zero-order chi connectivity index (χ0) is 28.3. The number of carbonyl (C=O) groups is 2. The van der Waals surface area contributed by atoms with Crippen molar-refractivity contribution in [2.45, 2.75) is 62.8 Å². The van der Waals surface area contributed by atoms with Gasteiger partial charge < -0.3 is 9.47 Å². The lowest BCUT2D eigenvalue weighted by Gasteiger charge is -2.55. The van der Waals surface area contributed by atoms with Crippen LogP contribution >= 0.6 is 0 Å². The van der Waals surface area contributed by atoms with E-state index in [2.05, 4.69) is 4.74 Å². The van der Waals surface area contributed by atoms with Gasteiger partial charge in [0.05, 0.1) is 5.41 Å². The molecule has 0 spiro atoms. The highest BCUT2D eigenvalue weighted by Gasteiger charge is 2.76. The third-order valence-corrected chi connectivity index (χ3v) is 8.69. The maximum atomic E-state index is 13.7. The maximum absolute atomic E-state index is 13.7. The van der Waals surface area contributed by atoms with Gasteiger partial charge in [0.2, 0.25) is 0 Å². The van der Waals surface area contributed by atoms with Crippen LogP contribution in [-0.2, 0) is 26.0 Å². The molecule has 7 nitrogen and oxygen atoms in total. The molecule has 0 atom stereocenters. The van der Waals surface area contributed by atoms with Crippen molar-refractivity contribution in [1.82, 2.24) is 0 Å². The second-order valence-corrected chi connectivity index (χ2v) is 12.2. The van der Waals surface area contributed by atoms with Gasteiger partial charge in [-0.2, -0.15) is 34.8 Å². The van der Waals surface area contributed by atoms with Crippen LogP contribution in [0.3, 0.4) is 0 Å². The highest BCUT2D eigenvalue weighted by molar-refractivity contribution is 7.85. The molecule has 0 aliphatic heterocycles. The summed E-state index contributed by atoms with van der Waals surface area (Å²) < 4.78 is 123. The Kier molecular flexibility index (Phi) is 7.12. The molecule has 0 radical (unpaired) electrons. The molecule has 4 bridgehead atoms. The third kappa shape index (κ3) is 5.27. The number of esters is 2. The third-order valence-electron chi connectivity index (χ3n) is 7.92. The summed E-state index contributed by atoms with van der Waals surface area (Å²) in [5, 5.41) is 0. The fraction of sp³-hybridized carbons (Fsp3) is 0.652. The predicted octanol–water partition coefficient (Wildman–Crippen LogP) is 3.85. The second kappa shape index (κ2) is 9.42. The number of ether oxygens (including phenoxy) is 2. The number of carbonyl (C=O) groups excluding carboxylic acids is 2. The van der Waals surface area contributed by atoms with Gasteiger partial charge >= 0.3 is 29.9 Å². The minimum Gasteiger partial charge on any atom is -0.434 e. The van der Waals surface area contributed by atoms with E-state index in [0.717, 1.165) is 31.4 Å². The summed E-state index contributed by atoms with van der Waals surface area (Å²) in [5.74, 6) is -5.57. The summed E-state index contributed by atoms with van der Waals surface area (Å²) in [6.45, 7) is 0. The van der Waals surface area contributed by atoms with Crippen molar-refractivity contribution < 1.29 is 58.4 Å². The SMILES string of the molecule is BCc1ccc(C(=O)OC(CS(=O)(=O)O)(C(F)(F)F)C(F)(F)F)c(OC(=O)C23CC4CC(CC(C4)C2)C3)c1. The van der Waals surface area contributed by atoms with E-state index < -0.39 is 62.5 Å². The van der Waals surface area contributed by atoms with Crippen molar-refractivity contribution in [2.24, 2.45) is 23.2 Å². The largest absolute Gasteiger partial charge is 0.438 e. The number of hydrogen-bond donors (Lipinski definition) is 1. The highest BCUT2D eigenvalue weighted by atomic mass is 32.2. The molecule has 4 saturated carbocycles. The Bertz CT molecular complexity index is 1180. The van der Waals surface area contributed by atoms with Gasteiger partial charge in [-0.1, -0.05) is 17.9 Å². The normalized spacial score (nSPS) is 27.3. The quantitative estimate of drug-likeness (QED) is 0.175. The Morgan fingerprint density at radius 2 is 1.47 bits per heavy atom. The van der Waals surface area contributed by atoms with Crippen LogP contribution in [-0.4, -0.2) is 56.5 Å². The van der Waals surface area contributed by atoms with Gasteiger partial charge in [0, 0.05) is 0 Å². The van der Waals surface area contributed by atoms with Crippen molar-refractivity contribution >= 4 is 29.9 Å². The van der Waals surface area contributed by atoms with E-state index in [0.29, 0.717) is 48.9 Å². The van der Waals surface area contributed by atoms with Gasteiger partial charge in [-0.15, -0.1) is 0 Å². The van der Waals surface area contributed by atoms with Gasteiger partial charge in [0.1, 0.15) is 24.9 Å². The number of alkyl halides is 6. The van der Waals surface area contributed by atoms with Crippen LogP contribution in [0, 0.1) is 23.2 Å². The first-order chi connectivity index (χ1) is 17.4. The molecular weight excluding hydrogens is 545 g/mol.